The molecule has 0 saturated heterocycles. The van der Waals surface area contributed by atoms with Gasteiger partial charge in [-0.1, -0.05) is 30.0 Å². The van der Waals surface area contributed by atoms with Crippen molar-refractivity contribution < 1.29 is 27.5 Å². The molecule has 7 nitrogen and oxygen atoms in total. The predicted octanol–water partition coefficient (Wildman–Crippen LogP) is 4.72. The van der Waals surface area contributed by atoms with Gasteiger partial charge in [-0.3, -0.25) is 9.36 Å². The van der Waals surface area contributed by atoms with Crippen molar-refractivity contribution >= 4 is 28.6 Å². The molecular weight excluding hydrogens is 454 g/mol. The fourth-order valence-corrected chi connectivity index (χ4v) is 4.22. The molecule has 0 N–H and O–H groups in total. The second-order valence-electron chi connectivity index (χ2n) is 6.86. The third-order valence-corrected chi connectivity index (χ3v) is 5.81. The second-order valence-corrected chi connectivity index (χ2v) is 7.81. The van der Waals surface area contributed by atoms with E-state index in [9.17, 15) is 18.4 Å². The molecule has 10 heteroatoms. The average Bonchev–Trinajstić information content (AvgIpc) is 3.32. The van der Waals surface area contributed by atoms with Crippen molar-refractivity contribution in [3.63, 3.8) is 0 Å². The first-order valence-electron chi connectivity index (χ1n) is 9.77. The molecule has 4 rings (SSSR count). The maximum atomic E-state index is 13.3. The van der Waals surface area contributed by atoms with E-state index in [2.05, 4.69) is 9.72 Å². The Hall–Kier alpha value is -3.66. The van der Waals surface area contributed by atoms with E-state index in [4.69, 9.17) is 9.15 Å². The molecular formula is C23H18F2N2O5S. The highest BCUT2D eigenvalue weighted by molar-refractivity contribution is 7.98. The van der Waals surface area contributed by atoms with Gasteiger partial charge in [0.05, 0.1) is 36.4 Å². The van der Waals surface area contributed by atoms with Crippen LogP contribution in [0.25, 0.3) is 10.9 Å². The Morgan fingerprint density at radius 1 is 1.18 bits per heavy atom. The van der Waals surface area contributed by atoms with E-state index in [1.807, 2.05) is 0 Å². The Kier molecular flexibility index (Phi) is 6.74. The molecule has 0 saturated carbocycles. The van der Waals surface area contributed by atoms with E-state index in [-0.39, 0.29) is 29.2 Å². The van der Waals surface area contributed by atoms with E-state index in [0.29, 0.717) is 27.4 Å². The summed E-state index contributed by atoms with van der Waals surface area (Å²) in [4.78, 5) is 29.8. The number of alkyl halides is 2. The monoisotopic (exact) mass is 472 g/mol. The Morgan fingerprint density at radius 2 is 2.00 bits per heavy atom. The zero-order valence-corrected chi connectivity index (χ0v) is 18.2. The van der Waals surface area contributed by atoms with Gasteiger partial charge in [0.25, 0.3) is 5.56 Å². The summed E-state index contributed by atoms with van der Waals surface area (Å²) in [5.74, 6) is 0.266. The molecule has 0 atom stereocenters. The molecule has 0 spiro atoms. The van der Waals surface area contributed by atoms with Crippen molar-refractivity contribution in [1.29, 1.82) is 0 Å². The first kappa shape index (κ1) is 22.5. The van der Waals surface area contributed by atoms with E-state index < -0.39 is 12.6 Å². The number of hydrogen-bond donors (Lipinski definition) is 0. The molecule has 170 valence electrons. The molecule has 2 aromatic carbocycles. The van der Waals surface area contributed by atoms with Crippen LogP contribution in [0.2, 0.25) is 0 Å². The van der Waals surface area contributed by atoms with Crippen LogP contribution in [0.5, 0.6) is 5.75 Å². The van der Waals surface area contributed by atoms with Gasteiger partial charge < -0.3 is 13.9 Å². The molecule has 2 heterocycles. The number of carbonyl (C=O) groups is 1. The number of benzene rings is 2. The lowest BCUT2D eigenvalue weighted by Gasteiger charge is -2.14. The summed E-state index contributed by atoms with van der Waals surface area (Å²) in [5, 5.41) is 0.651. The number of furan rings is 1. The van der Waals surface area contributed by atoms with E-state index in [0.717, 1.165) is 0 Å². The molecule has 0 unspecified atom stereocenters. The fourth-order valence-electron chi connectivity index (χ4n) is 3.23. The van der Waals surface area contributed by atoms with Gasteiger partial charge in [0, 0.05) is 11.3 Å². The summed E-state index contributed by atoms with van der Waals surface area (Å²) in [6.07, 6.45) is 1.50. The van der Waals surface area contributed by atoms with Gasteiger partial charge in [0.1, 0.15) is 11.5 Å². The smallest absolute Gasteiger partial charge is 0.387 e. The number of halogens is 2. The fraction of sp³-hybridized carbons (Fsp3) is 0.174. The standard InChI is InChI=1S/C23H18F2N2O5S/c1-30-21(29)14-8-9-17-18(11-14)26-23(27(20(17)28)12-16-6-4-10-31-16)33-13-15-5-2-3-7-19(15)32-22(24)25/h2-11,22H,12-13H2,1H3. The van der Waals surface area contributed by atoms with Crippen LogP contribution in [0.3, 0.4) is 0 Å². The first-order valence-corrected chi connectivity index (χ1v) is 10.8. The summed E-state index contributed by atoms with van der Waals surface area (Å²) in [6, 6.07) is 14.4. The lowest BCUT2D eigenvalue weighted by molar-refractivity contribution is -0.0503. The first-order chi connectivity index (χ1) is 16.0. The number of para-hydroxylation sites is 1. The number of esters is 1. The number of rotatable bonds is 8. The van der Waals surface area contributed by atoms with Gasteiger partial charge in [-0.2, -0.15) is 8.78 Å². The van der Waals surface area contributed by atoms with Crippen molar-refractivity contribution in [2.75, 3.05) is 7.11 Å². The van der Waals surface area contributed by atoms with Gasteiger partial charge in [-0.25, -0.2) is 9.78 Å². The van der Waals surface area contributed by atoms with Crippen LogP contribution in [0, 0.1) is 0 Å². The molecule has 0 aliphatic carbocycles. The van der Waals surface area contributed by atoms with Crippen LogP contribution < -0.4 is 10.3 Å². The number of ether oxygens (including phenoxy) is 2. The molecule has 0 radical (unpaired) electrons. The van der Waals surface area contributed by atoms with E-state index >= 15 is 0 Å². The van der Waals surface area contributed by atoms with Gasteiger partial charge >= 0.3 is 12.6 Å². The summed E-state index contributed by atoms with van der Waals surface area (Å²) in [5.41, 5.74) is 0.767. The van der Waals surface area contributed by atoms with E-state index in [1.165, 1.54) is 54.0 Å². The molecule has 0 aliphatic heterocycles. The average molecular weight is 472 g/mol. The molecule has 33 heavy (non-hydrogen) atoms. The largest absolute Gasteiger partial charge is 0.467 e. The maximum Gasteiger partial charge on any atom is 0.387 e. The summed E-state index contributed by atoms with van der Waals surface area (Å²) in [7, 11) is 1.27. The van der Waals surface area contributed by atoms with Crippen molar-refractivity contribution in [1.82, 2.24) is 9.55 Å². The Labute approximate surface area is 190 Å². The summed E-state index contributed by atoms with van der Waals surface area (Å²) in [6.45, 7) is -2.82. The van der Waals surface area contributed by atoms with Crippen LogP contribution in [0.1, 0.15) is 21.7 Å². The Morgan fingerprint density at radius 3 is 2.73 bits per heavy atom. The lowest BCUT2D eigenvalue weighted by atomic mass is 10.1. The minimum atomic E-state index is -2.95. The molecule has 4 aromatic rings. The second kappa shape index (κ2) is 9.86. The van der Waals surface area contributed by atoms with Gasteiger partial charge in [-0.05, 0) is 36.4 Å². The third-order valence-electron chi connectivity index (χ3n) is 4.78. The number of thioether (sulfide) groups is 1. The van der Waals surface area contributed by atoms with Gasteiger partial charge in [0.15, 0.2) is 5.16 Å². The number of aromatic nitrogens is 2. The minimum Gasteiger partial charge on any atom is -0.467 e. The maximum absolute atomic E-state index is 13.3. The SMILES string of the molecule is COC(=O)c1ccc2c(=O)n(Cc3ccco3)c(SCc3ccccc3OC(F)F)nc2c1. The molecule has 2 aromatic heterocycles. The molecule has 0 amide bonds. The van der Waals surface area contributed by atoms with Crippen molar-refractivity contribution in [2.24, 2.45) is 0 Å². The number of carbonyl (C=O) groups excluding carboxylic acids is 1. The highest BCUT2D eigenvalue weighted by Gasteiger charge is 2.17. The van der Waals surface area contributed by atoms with Crippen LogP contribution in [-0.2, 0) is 17.0 Å². The number of nitrogens with zero attached hydrogens (tertiary/aromatic N) is 2. The van der Waals surface area contributed by atoms with Crippen LogP contribution >= 0.6 is 11.8 Å². The zero-order valence-electron chi connectivity index (χ0n) is 17.4. The van der Waals surface area contributed by atoms with Gasteiger partial charge in [-0.15, -0.1) is 0 Å². The predicted molar refractivity (Wildman–Crippen MR) is 118 cm³/mol. The normalized spacial score (nSPS) is 11.2. The summed E-state index contributed by atoms with van der Waals surface area (Å²) >= 11 is 1.18. The van der Waals surface area contributed by atoms with Gasteiger partial charge in [0.2, 0.25) is 0 Å². The highest BCUT2D eigenvalue weighted by Crippen LogP contribution is 2.29. The number of fused-ring (bicyclic) bond motifs is 1. The van der Waals surface area contributed by atoms with Crippen molar-refractivity contribution in [3.8, 4) is 5.75 Å². The number of hydrogen-bond acceptors (Lipinski definition) is 7. The Balaban J connectivity index is 1.76. The summed E-state index contributed by atoms with van der Waals surface area (Å²) < 4.78 is 41.7. The lowest BCUT2D eigenvalue weighted by Crippen LogP contribution is -2.24. The van der Waals surface area contributed by atoms with Crippen molar-refractivity contribution in [3.05, 3.63) is 88.1 Å². The van der Waals surface area contributed by atoms with Crippen LogP contribution in [0.4, 0.5) is 8.78 Å². The van der Waals surface area contributed by atoms with Crippen molar-refractivity contribution in [2.45, 2.75) is 24.1 Å². The van der Waals surface area contributed by atoms with Crippen LogP contribution in [-0.4, -0.2) is 29.2 Å². The topological polar surface area (TPSA) is 83.6 Å². The Bertz CT molecular complexity index is 1340. The highest BCUT2D eigenvalue weighted by atomic mass is 32.2. The molecule has 0 fully saturated rings. The van der Waals surface area contributed by atoms with Crippen LogP contribution in [0.15, 0.2) is 75.2 Å². The quantitative estimate of drug-likeness (QED) is 0.208. The van der Waals surface area contributed by atoms with E-state index in [1.54, 1.807) is 30.3 Å². The minimum absolute atomic E-state index is 0.0497. The molecule has 0 aliphatic rings. The third kappa shape index (κ3) is 5.06. The molecule has 0 bridgehead atoms. The zero-order chi connectivity index (χ0) is 23.4. The number of methoxy groups -OCH3 is 1.